The van der Waals surface area contributed by atoms with Crippen LogP contribution < -0.4 is 15.2 Å². The lowest BCUT2D eigenvalue weighted by Crippen LogP contribution is -2.16. The number of carbonyl (C=O) groups excluding carboxylic acids is 1. The quantitative estimate of drug-likeness (QED) is 0.448. The van der Waals surface area contributed by atoms with E-state index in [-0.39, 0.29) is 27.1 Å². The highest BCUT2D eigenvalue weighted by Gasteiger charge is 2.31. The maximum atomic E-state index is 12.1. The molecule has 0 aromatic heterocycles. The van der Waals surface area contributed by atoms with E-state index in [1.807, 2.05) is 0 Å². The number of carbonyl (C=O) groups is 2. The molecule has 3 rings (SSSR count). The van der Waals surface area contributed by atoms with E-state index >= 15 is 0 Å². The van der Waals surface area contributed by atoms with E-state index in [4.69, 9.17) is 38.8 Å². The van der Waals surface area contributed by atoms with Gasteiger partial charge in [0.15, 0.2) is 0 Å². The summed E-state index contributed by atoms with van der Waals surface area (Å²) >= 11 is 11.6. The fourth-order valence-electron chi connectivity index (χ4n) is 2.22. The third-order valence-corrected chi connectivity index (χ3v) is 4.32. The van der Waals surface area contributed by atoms with Gasteiger partial charge >= 0.3 is 12.3 Å². The molecule has 0 radical (unpaired) electrons. The van der Waals surface area contributed by atoms with Crippen LogP contribution in [0, 0.1) is 0 Å². The van der Waals surface area contributed by atoms with Crippen molar-refractivity contribution in [3.05, 3.63) is 87.9 Å². The van der Waals surface area contributed by atoms with Gasteiger partial charge in [0.2, 0.25) is 0 Å². The summed E-state index contributed by atoms with van der Waals surface area (Å²) in [6, 6.07) is 15.4. The number of carboxylic acids is 1. The van der Waals surface area contributed by atoms with Crippen molar-refractivity contribution in [2.45, 2.75) is 6.36 Å². The smallest absolute Gasteiger partial charge is 0.478 e. The zero-order valence-corrected chi connectivity index (χ0v) is 17.4. The third-order valence-electron chi connectivity index (χ3n) is 3.59. The second-order valence-corrected chi connectivity index (χ2v) is 6.73. The number of hydrogen-bond donors (Lipinski definition) is 2. The molecule has 0 spiro atoms. The standard InChI is InChI=1S/C14H8Cl2F3NO3.C7H6O2/c15-10-5-9(13(20)21)12(6-11(10)16)22-7-1-3-8(4-2-7)23-14(17,18)19;8-7(9)6-4-2-1-3-5-6/h1-6H,(H2,20,21);1-5H,(H,8,9). The van der Waals surface area contributed by atoms with Gasteiger partial charge in [0.1, 0.15) is 17.2 Å². The molecule has 0 fully saturated rings. The number of nitrogens with two attached hydrogens (primary N) is 1. The van der Waals surface area contributed by atoms with Gasteiger partial charge in [0, 0.05) is 6.07 Å². The molecule has 3 aromatic rings. The minimum Gasteiger partial charge on any atom is -0.478 e. The zero-order chi connectivity index (χ0) is 23.9. The van der Waals surface area contributed by atoms with Crippen molar-refractivity contribution < 1.29 is 37.3 Å². The monoisotopic (exact) mass is 487 g/mol. The van der Waals surface area contributed by atoms with Crippen molar-refractivity contribution in [3.8, 4) is 17.2 Å². The molecule has 0 heterocycles. The second-order valence-electron chi connectivity index (χ2n) is 5.92. The minimum atomic E-state index is -4.79. The van der Waals surface area contributed by atoms with Crippen LogP contribution in [0.1, 0.15) is 20.7 Å². The molecule has 0 aliphatic carbocycles. The first kappa shape index (κ1) is 24.8. The van der Waals surface area contributed by atoms with Crippen LogP contribution in [0.2, 0.25) is 10.0 Å². The molecule has 32 heavy (non-hydrogen) atoms. The van der Waals surface area contributed by atoms with Crippen LogP contribution in [0.25, 0.3) is 0 Å². The van der Waals surface area contributed by atoms with Gasteiger partial charge in [-0.15, -0.1) is 13.2 Å². The highest BCUT2D eigenvalue weighted by Crippen LogP contribution is 2.34. The molecule has 0 atom stereocenters. The Bertz CT molecular complexity index is 1090. The molecule has 11 heteroatoms. The molecule has 0 unspecified atom stereocenters. The first-order chi connectivity index (χ1) is 15.0. The number of primary amides is 1. The van der Waals surface area contributed by atoms with Crippen molar-refractivity contribution >= 4 is 35.1 Å². The normalized spacial score (nSPS) is 10.5. The van der Waals surface area contributed by atoms with Crippen LogP contribution in [0.15, 0.2) is 66.7 Å². The van der Waals surface area contributed by atoms with E-state index in [1.165, 1.54) is 24.3 Å². The number of halogens is 5. The summed E-state index contributed by atoms with van der Waals surface area (Å²) in [5.41, 5.74) is 5.53. The summed E-state index contributed by atoms with van der Waals surface area (Å²) < 4.78 is 45.4. The van der Waals surface area contributed by atoms with Crippen molar-refractivity contribution in [3.63, 3.8) is 0 Å². The Balaban J connectivity index is 0.000000336. The summed E-state index contributed by atoms with van der Waals surface area (Å²) in [5.74, 6) is -1.91. The van der Waals surface area contributed by atoms with Crippen molar-refractivity contribution in [1.29, 1.82) is 0 Å². The molecular formula is C21H14Cl2F3NO5. The molecule has 0 saturated carbocycles. The predicted molar refractivity (Wildman–Crippen MR) is 112 cm³/mol. The Kier molecular flexibility index (Phi) is 8.34. The predicted octanol–water partition coefficient (Wildman–Crippen LogP) is 6.17. The SMILES string of the molecule is NC(=O)c1cc(Cl)c(Cl)cc1Oc1ccc(OC(F)(F)F)cc1.O=C(O)c1ccccc1. The highest BCUT2D eigenvalue weighted by molar-refractivity contribution is 6.42. The van der Waals surface area contributed by atoms with E-state index in [0.29, 0.717) is 5.56 Å². The number of amides is 1. The largest absolute Gasteiger partial charge is 0.573 e. The summed E-state index contributed by atoms with van der Waals surface area (Å²) in [6.45, 7) is 0. The van der Waals surface area contributed by atoms with E-state index in [1.54, 1.807) is 30.3 Å². The number of carboxylic acid groups (broad SMARTS) is 1. The van der Waals surface area contributed by atoms with Gasteiger partial charge < -0.3 is 20.3 Å². The average Bonchev–Trinajstić information content (AvgIpc) is 2.72. The van der Waals surface area contributed by atoms with Crippen LogP contribution in [-0.2, 0) is 0 Å². The Morgan fingerprint density at radius 3 is 1.88 bits per heavy atom. The zero-order valence-electron chi connectivity index (χ0n) is 15.9. The van der Waals surface area contributed by atoms with Gasteiger partial charge in [0.05, 0.1) is 21.2 Å². The van der Waals surface area contributed by atoms with E-state index in [2.05, 4.69) is 4.74 Å². The van der Waals surface area contributed by atoms with Crippen LogP contribution in [0.3, 0.4) is 0 Å². The Morgan fingerprint density at radius 2 is 1.41 bits per heavy atom. The summed E-state index contributed by atoms with van der Waals surface area (Å²) in [4.78, 5) is 21.6. The summed E-state index contributed by atoms with van der Waals surface area (Å²) in [5, 5.41) is 8.63. The lowest BCUT2D eigenvalue weighted by Gasteiger charge is -2.12. The molecular weight excluding hydrogens is 474 g/mol. The van der Waals surface area contributed by atoms with Crippen LogP contribution in [0.4, 0.5) is 13.2 Å². The summed E-state index contributed by atoms with van der Waals surface area (Å²) in [6.07, 6.45) is -4.79. The molecule has 0 aliphatic rings. The number of aromatic carboxylic acids is 1. The Hall–Kier alpha value is -3.43. The fourth-order valence-corrected chi connectivity index (χ4v) is 2.54. The van der Waals surface area contributed by atoms with Gasteiger partial charge in [-0.05, 0) is 42.5 Å². The van der Waals surface area contributed by atoms with Crippen molar-refractivity contribution in [2.24, 2.45) is 5.73 Å². The van der Waals surface area contributed by atoms with Crippen LogP contribution >= 0.6 is 23.2 Å². The molecule has 0 saturated heterocycles. The fraction of sp³-hybridized carbons (Fsp3) is 0.0476. The van der Waals surface area contributed by atoms with Gasteiger partial charge in [0.25, 0.3) is 5.91 Å². The lowest BCUT2D eigenvalue weighted by molar-refractivity contribution is -0.274. The summed E-state index contributed by atoms with van der Waals surface area (Å²) in [7, 11) is 0. The second kappa shape index (κ2) is 10.7. The lowest BCUT2D eigenvalue weighted by atomic mass is 10.2. The van der Waals surface area contributed by atoms with Crippen molar-refractivity contribution in [1.82, 2.24) is 0 Å². The highest BCUT2D eigenvalue weighted by atomic mass is 35.5. The number of hydrogen-bond acceptors (Lipinski definition) is 4. The maximum Gasteiger partial charge on any atom is 0.573 e. The van der Waals surface area contributed by atoms with E-state index in [0.717, 1.165) is 12.1 Å². The average molecular weight is 488 g/mol. The van der Waals surface area contributed by atoms with Gasteiger partial charge in [-0.1, -0.05) is 41.4 Å². The van der Waals surface area contributed by atoms with Gasteiger partial charge in [-0.3, -0.25) is 4.79 Å². The molecule has 3 aromatic carbocycles. The number of alkyl halides is 3. The van der Waals surface area contributed by atoms with E-state index < -0.39 is 24.0 Å². The van der Waals surface area contributed by atoms with Gasteiger partial charge in [-0.2, -0.15) is 0 Å². The number of ether oxygens (including phenoxy) is 2. The van der Waals surface area contributed by atoms with Crippen LogP contribution in [-0.4, -0.2) is 23.3 Å². The Morgan fingerprint density at radius 1 is 0.875 bits per heavy atom. The Labute approximate surface area is 189 Å². The van der Waals surface area contributed by atoms with Crippen molar-refractivity contribution in [2.75, 3.05) is 0 Å². The first-order valence-electron chi connectivity index (χ1n) is 8.57. The first-order valence-corrected chi connectivity index (χ1v) is 9.32. The number of rotatable bonds is 5. The maximum absolute atomic E-state index is 12.1. The van der Waals surface area contributed by atoms with E-state index in [9.17, 15) is 22.8 Å². The molecule has 0 bridgehead atoms. The van der Waals surface area contributed by atoms with Gasteiger partial charge in [-0.25, -0.2) is 4.79 Å². The molecule has 0 aliphatic heterocycles. The minimum absolute atomic E-state index is 0.0185. The molecule has 168 valence electrons. The van der Waals surface area contributed by atoms with Crippen LogP contribution in [0.5, 0.6) is 17.2 Å². The molecule has 3 N–H and O–H groups in total. The third kappa shape index (κ3) is 7.68. The molecule has 1 amide bonds. The molecule has 6 nitrogen and oxygen atoms in total. The topological polar surface area (TPSA) is 98.9 Å². The number of benzene rings is 3.